The molecular weight excluding hydrogens is 272 g/mol. The molecule has 108 valence electrons. The van der Waals surface area contributed by atoms with E-state index in [2.05, 4.69) is 20.2 Å². The predicted molar refractivity (Wildman–Crippen MR) is 76.0 cm³/mol. The first-order valence-corrected chi connectivity index (χ1v) is 6.10. The Bertz CT molecular complexity index is 677. The van der Waals surface area contributed by atoms with Crippen LogP contribution in [0.1, 0.15) is 26.4 Å². The van der Waals surface area contributed by atoms with Crippen molar-refractivity contribution in [3.05, 3.63) is 53.6 Å². The molecule has 0 bridgehead atoms. The molecule has 2 rings (SSSR count). The molecule has 2 heterocycles. The molecule has 1 N–H and O–H groups in total. The minimum absolute atomic E-state index is 0.358. The number of ether oxygens (including phenoxy) is 1. The van der Waals surface area contributed by atoms with Crippen molar-refractivity contribution in [2.75, 3.05) is 7.11 Å². The number of hydrogen-bond donors (Lipinski definition) is 1. The Morgan fingerprint density at radius 1 is 1.48 bits per heavy atom. The van der Waals surface area contributed by atoms with Crippen molar-refractivity contribution < 1.29 is 14.3 Å². The van der Waals surface area contributed by atoms with Crippen LogP contribution in [0.3, 0.4) is 0 Å². The Hall–Kier alpha value is -2.96. The summed E-state index contributed by atoms with van der Waals surface area (Å²) in [6.45, 7) is 0. The van der Waals surface area contributed by atoms with Crippen LogP contribution >= 0.6 is 0 Å². The molecule has 0 radical (unpaired) electrons. The number of esters is 1. The van der Waals surface area contributed by atoms with Crippen molar-refractivity contribution in [1.82, 2.24) is 15.0 Å². The summed E-state index contributed by atoms with van der Waals surface area (Å²) < 4.78 is 6.27. The fraction of sp³-hybridized carbons (Fsp3) is 0.143. The molecule has 0 aliphatic carbocycles. The van der Waals surface area contributed by atoms with Gasteiger partial charge in [-0.15, -0.1) is 0 Å². The van der Waals surface area contributed by atoms with Gasteiger partial charge in [-0.25, -0.2) is 10.2 Å². The number of nitrogens with one attached hydrogen (secondary N) is 1. The van der Waals surface area contributed by atoms with E-state index in [1.165, 1.54) is 19.5 Å². The lowest BCUT2D eigenvalue weighted by Crippen LogP contribution is -2.17. The van der Waals surface area contributed by atoms with E-state index in [1.54, 1.807) is 42.2 Å². The molecule has 0 atom stereocenters. The summed E-state index contributed by atoms with van der Waals surface area (Å²) >= 11 is 0. The standard InChI is InChI=1S/C14H14N4O3/c1-18-9-10(6-12(18)14(20)21-2)7-16-17-13(19)11-4-3-5-15-8-11/h3-9H,1-2H3,(H,17,19)/b16-7+. The molecule has 0 spiro atoms. The SMILES string of the molecule is COC(=O)c1cc(/C=N/NC(=O)c2cccnc2)cn1C. The molecular formula is C14H14N4O3. The van der Waals surface area contributed by atoms with E-state index in [-0.39, 0.29) is 5.91 Å². The molecule has 0 aromatic carbocycles. The third-order valence-electron chi connectivity index (χ3n) is 2.72. The van der Waals surface area contributed by atoms with Crippen LogP contribution < -0.4 is 5.43 Å². The molecule has 1 amide bonds. The number of methoxy groups -OCH3 is 1. The molecule has 0 unspecified atom stereocenters. The van der Waals surface area contributed by atoms with Gasteiger partial charge in [0, 0.05) is 31.2 Å². The average molecular weight is 286 g/mol. The molecule has 7 heteroatoms. The van der Waals surface area contributed by atoms with Gasteiger partial charge in [-0.1, -0.05) is 0 Å². The van der Waals surface area contributed by atoms with E-state index in [0.717, 1.165) is 0 Å². The fourth-order valence-electron chi connectivity index (χ4n) is 1.70. The largest absolute Gasteiger partial charge is 0.464 e. The quantitative estimate of drug-likeness (QED) is 0.515. The van der Waals surface area contributed by atoms with Gasteiger partial charge in [-0.05, 0) is 18.2 Å². The molecule has 7 nitrogen and oxygen atoms in total. The lowest BCUT2D eigenvalue weighted by Gasteiger charge is -1.98. The van der Waals surface area contributed by atoms with Crippen LogP contribution in [0.25, 0.3) is 0 Å². The van der Waals surface area contributed by atoms with Gasteiger partial charge in [0.1, 0.15) is 5.69 Å². The fourth-order valence-corrected chi connectivity index (χ4v) is 1.70. The van der Waals surface area contributed by atoms with E-state index in [0.29, 0.717) is 16.8 Å². The van der Waals surface area contributed by atoms with Gasteiger partial charge in [0.15, 0.2) is 0 Å². The van der Waals surface area contributed by atoms with E-state index >= 15 is 0 Å². The number of carbonyl (C=O) groups is 2. The van der Waals surface area contributed by atoms with Crippen molar-refractivity contribution in [1.29, 1.82) is 0 Å². The first kappa shape index (κ1) is 14.4. The van der Waals surface area contributed by atoms with Gasteiger partial charge in [0.25, 0.3) is 5.91 Å². The van der Waals surface area contributed by atoms with Crippen LogP contribution in [0.15, 0.2) is 41.9 Å². The third-order valence-corrected chi connectivity index (χ3v) is 2.72. The Morgan fingerprint density at radius 2 is 2.29 bits per heavy atom. The number of aromatic nitrogens is 2. The molecule has 0 saturated carbocycles. The molecule has 2 aromatic heterocycles. The second-order valence-electron chi connectivity index (χ2n) is 4.20. The van der Waals surface area contributed by atoms with Crippen LogP contribution in [0, 0.1) is 0 Å². The number of hydrazone groups is 1. The predicted octanol–water partition coefficient (Wildman–Crippen LogP) is 0.971. The normalized spacial score (nSPS) is 10.6. The number of nitrogens with zero attached hydrogens (tertiary/aromatic N) is 3. The lowest BCUT2D eigenvalue weighted by molar-refractivity contribution is 0.0590. The highest BCUT2D eigenvalue weighted by Crippen LogP contribution is 2.06. The van der Waals surface area contributed by atoms with Crippen molar-refractivity contribution in [2.45, 2.75) is 0 Å². The monoisotopic (exact) mass is 286 g/mol. The molecule has 0 aliphatic rings. The van der Waals surface area contributed by atoms with Crippen LogP contribution in [-0.4, -0.2) is 34.8 Å². The second kappa shape index (κ2) is 6.47. The van der Waals surface area contributed by atoms with E-state index < -0.39 is 5.97 Å². The van der Waals surface area contributed by atoms with Crippen LogP contribution in [0.2, 0.25) is 0 Å². The van der Waals surface area contributed by atoms with Crippen molar-refractivity contribution in [2.24, 2.45) is 12.1 Å². The van der Waals surface area contributed by atoms with Crippen molar-refractivity contribution in [3.8, 4) is 0 Å². The summed E-state index contributed by atoms with van der Waals surface area (Å²) in [7, 11) is 3.04. The van der Waals surface area contributed by atoms with Crippen molar-refractivity contribution >= 4 is 18.1 Å². The second-order valence-corrected chi connectivity index (χ2v) is 4.20. The molecule has 21 heavy (non-hydrogen) atoms. The molecule has 0 aliphatic heterocycles. The van der Waals surface area contributed by atoms with Gasteiger partial charge in [0.2, 0.25) is 0 Å². The Labute approximate surface area is 121 Å². The highest BCUT2D eigenvalue weighted by Gasteiger charge is 2.10. The number of amides is 1. The average Bonchev–Trinajstić information content (AvgIpc) is 2.88. The van der Waals surface area contributed by atoms with E-state index in [1.807, 2.05) is 0 Å². The third kappa shape index (κ3) is 3.53. The summed E-state index contributed by atoms with van der Waals surface area (Å²) in [6.07, 6.45) is 6.17. The topological polar surface area (TPSA) is 85.6 Å². The minimum atomic E-state index is -0.434. The van der Waals surface area contributed by atoms with Crippen molar-refractivity contribution in [3.63, 3.8) is 0 Å². The zero-order chi connectivity index (χ0) is 15.2. The number of pyridine rings is 1. The Balaban J connectivity index is 2.02. The van der Waals surface area contributed by atoms with Gasteiger partial charge in [0.05, 0.1) is 18.9 Å². The smallest absolute Gasteiger partial charge is 0.354 e. The summed E-state index contributed by atoms with van der Waals surface area (Å²) in [5.41, 5.74) is 3.87. The summed E-state index contributed by atoms with van der Waals surface area (Å²) in [4.78, 5) is 27.0. The van der Waals surface area contributed by atoms with Gasteiger partial charge in [-0.3, -0.25) is 9.78 Å². The molecule has 2 aromatic rings. The first-order valence-electron chi connectivity index (χ1n) is 6.10. The number of aryl methyl sites for hydroxylation is 1. The zero-order valence-corrected chi connectivity index (χ0v) is 11.6. The Morgan fingerprint density at radius 3 is 2.95 bits per heavy atom. The zero-order valence-electron chi connectivity index (χ0n) is 11.6. The number of carbonyl (C=O) groups excluding carboxylic acids is 2. The maximum absolute atomic E-state index is 11.7. The van der Waals surface area contributed by atoms with Gasteiger partial charge in [-0.2, -0.15) is 5.10 Å². The first-order chi connectivity index (χ1) is 10.1. The summed E-state index contributed by atoms with van der Waals surface area (Å²) in [5, 5.41) is 3.84. The minimum Gasteiger partial charge on any atom is -0.464 e. The molecule has 0 saturated heterocycles. The Kier molecular flexibility index (Phi) is 4.45. The summed E-state index contributed by atoms with van der Waals surface area (Å²) in [5.74, 6) is -0.792. The number of rotatable bonds is 4. The van der Waals surface area contributed by atoms with E-state index in [9.17, 15) is 9.59 Å². The van der Waals surface area contributed by atoms with Gasteiger partial charge < -0.3 is 9.30 Å². The van der Waals surface area contributed by atoms with Gasteiger partial charge >= 0.3 is 5.97 Å². The van der Waals surface area contributed by atoms with Crippen LogP contribution in [0.4, 0.5) is 0 Å². The van der Waals surface area contributed by atoms with Crippen LogP contribution in [-0.2, 0) is 11.8 Å². The lowest BCUT2D eigenvalue weighted by atomic mass is 10.3. The molecule has 0 fully saturated rings. The number of hydrogen-bond acceptors (Lipinski definition) is 5. The highest BCUT2D eigenvalue weighted by atomic mass is 16.5. The highest BCUT2D eigenvalue weighted by molar-refractivity contribution is 5.95. The van der Waals surface area contributed by atoms with E-state index in [4.69, 9.17) is 0 Å². The van der Waals surface area contributed by atoms with Crippen LogP contribution in [0.5, 0.6) is 0 Å². The maximum Gasteiger partial charge on any atom is 0.354 e. The maximum atomic E-state index is 11.7. The summed E-state index contributed by atoms with van der Waals surface area (Å²) in [6, 6.07) is 4.92.